The highest BCUT2D eigenvalue weighted by molar-refractivity contribution is 6.31. The van der Waals surface area contributed by atoms with Gasteiger partial charge < -0.3 is 19.0 Å². The van der Waals surface area contributed by atoms with E-state index in [2.05, 4.69) is 4.98 Å². The van der Waals surface area contributed by atoms with E-state index in [0.717, 1.165) is 34.1 Å². The van der Waals surface area contributed by atoms with Crippen molar-refractivity contribution in [3.8, 4) is 0 Å². The number of fused-ring (bicyclic) bond motifs is 4. The summed E-state index contributed by atoms with van der Waals surface area (Å²) < 4.78 is 21.7. The number of hydrogen-bond acceptors (Lipinski definition) is 4. The van der Waals surface area contributed by atoms with Crippen molar-refractivity contribution in [1.82, 2.24) is 9.55 Å². The van der Waals surface area contributed by atoms with Gasteiger partial charge in [0.2, 0.25) is 0 Å². The summed E-state index contributed by atoms with van der Waals surface area (Å²) in [5.74, 6) is -1.24. The van der Waals surface area contributed by atoms with Gasteiger partial charge in [0.25, 0.3) is 6.01 Å². The fraction of sp³-hybridized carbons (Fsp3) is 0.273. The summed E-state index contributed by atoms with van der Waals surface area (Å²) in [4.78, 5) is 18.0. The highest BCUT2D eigenvalue weighted by atomic mass is 35.5. The monoisotopic (exact) mass is 427 g/mol. The van der Waals surface area contributed by atoms with Crippen LogP contribution >= 0.6 is 11.6 Å². The molecule has 1 atom stereocenters. The molecule has 0 aliphatic heterocycles. The first-order valence-corrected chi connectivity index (χ1v) is 10.1. The second kappa shape index (κ2) is 7.02. The lowest BCUT2D eigenvalue weighted by molar-refractivity contribution is -0.137. The minimum Gasteiger partial charge on any atom is -0.480 e. The van der Waals surface area contributed by atoms with E-state index in [0.29, 0.717) is 29.5 Å². The van der Waals surface area contributed by atoms with Gasteiger partial charge in [0, 0.05) is 40.8 Å². The average Bonchev–Trinajstić information content (AvgIpc) is 3.26. The number of benzene rings is 2. The predicted octanol–water partition coefficient (Wildman–Crippen LogP) is 4.65. The Kier molecular flexibility index (Phi) is 4.43. The summed E-state index contributed by atoms with van der Waals surface area (Å²) in [6.45, 7) is -0.135. The average molecular weight is 428 g/mol. The van der Waals surface area contributed by atoms with Gasteiger partial charge in [-0.05, 0) is 55.2 Å². The minimum absolute atomic E-state index is 0.0909. The summed E-state index contributed by atoms with van der Waals surface area (Å²) >= 11 is 6.04. The van der Waals surface area contributed by atoms with Gasteiger partial charge in [0.05, 0.1) is 0 Å². The summed E-state index contributed by atoms with van der Waals surface area (Å²) in [7, 11) is 1.93. The number of aromatic nitrogens is 2. The highest BCUT2D eigenvalue weighted by Crippen LogP contribution is 2.35. The number of carboxylic acids is 1. The fourth-order valence-corrected chi connectivity index (χ4v) is 4.61. The molecule has 2 aromatic carbocycles. The van der Waals surface area contributed by atoms with Crippen LogP contribution in [0, 0.1) is 5.82 Å². The maximum atomic E-state index is 14.0. The number of likely N-dealkylation sites (N-methyl/N-ethyl adjacent to an activating group) is 1. The Labute approximate surface area is 176 Å². The molecule has 2 aromatic heterocycles. The van der Waals surface area contributed by atoms with Crippen LogP contribution in [-0.2, 0) is 24.2 Å². The quantitative estimate of drug-likeness (QED) is 0.513. The molecule has 4 aromatic rings. The predicted molar refractivity (Wildman–Crippen MR) is 113 cm³/mol. The molecule has 154 valence electrons. The van der Waals surface area contributed by atoms with E-state index in [-0.39, 0.29) is 18.4 Å². The molecule has 6 nitrogen and oxygen atoms in total. The molecule has 1 N–H and O–H groups in total. The molecule has 0 bridgehead atoms. The van der Waals surface area contributed by atoms with Crippen molar-refractivity contribution < 1.29 is 18.7 Å². The van der Waals surface area contributed by atoms with Crippen LogP contribution in [0.25, 0.3) is 22.0 Å². The van der Waals surface area contributed by atoms with E-state index in [1.165, 1.54) is 12.1 Å². The van der Waals surface area contributed by atoms with E-state index in [1.807, 2.05) is 18.0 Å². The van der Waals surface area contributed by atoms with Crippen molar-refractivity contribution in [2.24, 2.45) is 0 Å². The number of anilines is 1. The van der Waals surface area contributed by atoms with Crippen molar-refractivity contribution >= 4 is 45.6 Å². The van der Waals surface area contributed by atoms with E-state index in [1.54, 1.807) is 22.8 Å². The molecule has 1 aliphatic rings. The number of hydrogen-bond donors (Lipinski definition) is 1. The van der Waals surface area contributed by atoms with Crippen molar-refractivity contribution in [2.75, 3.05) is 11.9 Å². The first-order valence-electron chi connectivity index (χ1n) is 9.71. The Hall–Kier alpha value is -3.06. The largest absolute Gasteiger partial charge is 0.480 e. The summed E-state index contributed by atoms with van der Waals surface area (Å²) in [6, 6.07) is 10.5. The molecule has 0 radical (unpaired) electrons. The molecule has 0 saturated carbocycles. The van der Waals surface area contributed by atoms with Gasteiger partial charge in [0.15, 0.2) is 5.58 Å². The van der Waals surface area contributed by atoms with Gasteiger partial charge in [-0.1, -0.05) is 11.6 Å². The molecule has 1 unspecified atom stereocenters. The van der Waals surface area contributed by atoms with Crippen molar-refractivity contribution in [3.63, 3.8) is 0 Å². The second-order valence-corrected chi connectivity index (χ2v) is 8.12. The van der Waals surface area contributed by atoms with E-state index < -0.39 is 5.97 Å². The van der Waals surface area contributed by atoms with Crippen LogP contribution in [-0.4, -0.2) is 33.7 Å². The van der Waals surface area contributed by atoms with Gasteiger partial charge in [-0.3, -0.25) is 4.79 Å². The topological polar surface area (TPSA) is 71.5 Å². The Morgan fingerprint density at radius 2 is 2.20 bits per heavy atom. The first kappa shape index (κ1) is 18.9. The highest BCUT2D eigenvalue weighted by Gasteiger charge is 2.30. The Balaban J connectivity index is 1.52. The van der Waals surface area contributed by atoms with E-state index in [9.17, 15) is 14.3 Å². The maximum Gasteiger partial charge on any atom is 0.323 e. The molecule has 1 aliphatic carbocycles. The molecule has 8 heteroatoms. The van der Waals surface area contributed by atoms with Gasteiger partial charge >= 0.3 is 5.97 Å². The van der Waals surface area contributed by atoms with Crippen LogP contribution in [0.5, 0.6) is 0 Å². The fourth-order valence-electron chi connectivity index (χ4n) is 4.44. The molecule has 30 heavy (non-hydrogen) atoms. The lowest BCUT2D eigenvalue weighted by atomic mass is 9.90. The van der Waals surface area contributed by atoms with Gasteiger partial charge in [-0.15, -0.1) is 0 Å². The third-order valence-electron chi connectivity index (χ3n) is 5.88. The molecule has 0 fully saturated rings. The Morgan fingerprint density at radius 3 is 3.00 bits per heavy atom. The van der Waals surface area contributed by atoms with Crippen molar-refractivity contribution in [2.45, 2.75) is 31.8 Å². The Bertz CT molecular complexity index is 1300. The zero-order chi connectivity index (χ0) is 21.0. The standard InChI is InChI=1S/C22H19ClFN3O3/c1-26(22-25-17-5-2-12(23)8-20(17)30-22)14-4-7-19-16(10-14)15-9-13(24)3-6-18(15)27(19)11-21(28)29/h2-3,5-6,8-9,14H,4,7,10-11H2,1H3,(H,28,29). The number of aliphatic carboxylic acids is 1. The number of rotatable bonds is 4. The third-order valence-corrected chi connectivity index (χ3v) is 6.12. The lowest BCUT2D eigenvalue weighted by Gasteiger charge is -2.31. The summed E-state index contributed by atoms with van der Waals surface area (Å²) in [6.07, 6.45) is 2.15. The van der Waals surface area contributed by atoms with Gasteiger partial charge in [0.1, 0.15) is 17.9 Å². The summed E-state index contributed by atoms with van der Waals surface area (Å²) in [5.41, 5.74) is 4.07. The van der Waals surface area contributed by atoms with Crippen LogP contribution in [0.15, 0.2) is 40.8 Å². The zero-order valence-electron chi connectivity index (χ0n) is 16.2. The zero-order valence-corrected chi connectivity index (χ0v) is 17.0. The molecule has 2 heterocycles. The first-order chi connectivity index (χ1) is 14.4. The number of nitrogens with zero attached hydrogens (tertiary/aromatic N) is 3. The summed E-state index contributed by atoms with van der Waals surface area (Å²) in [5, 5.41) is 10.7. The smallest absolute Gasteiger partial charge is 0.323 e. The SMILES string of the molecule is CN(c1nc2ccc(Cl)cc2o1)C1CCc2c(c3cc(F)ccc3n2CC(=O)O)C1. The molecular formula is C22H19ClFN3O3. The van der Waals surface area contributed by atoms with Gasteiger partial charge in [-0.2, -0.15) is 4.98 Å². The Morgan fingerprint density at radius 1 is 1.37 bits per heavy atom. The number of carboxylic acid groups (broad SMARTS) is 1. The third kappa shape index (κ3) is 3.10. The lowest BCUT2D eigenvalue weighted by Crippen LogP contribution is -2.37. The van der Waals surface area contributed by atoms with Gasteiger partial charge in [-0.25, -0.2) is 4.39 Å². The van der Waals surface area contributed by atoms with Crippen LogP contribution in [0.2, 0.25) is 5.02 Å². The van der Waals surface area contributed by atoms with Crippen LogP contribution in [0.3, 0.4) is 0 Å². The van der Waals surface area contributed by atoms with Crippen molar-refractivity contribution in [1.29, 1.82) is 0 Å². The van der Waals surface area contributed by atoms with Crippen LogP contribution in [0.4, 0.5) is 10.4 Å². The number of carbonyl (C=O) groups is 1. The normalized spacial score (nSPS) is 16.2. The minimum atomic E-state index is -0.914. The number of halogens is 2. The molecule has 0 amide bonds. The molecule has 0 saturated heterocycles. The molecular weight excluding hydrogens is 409 g/mol. The van der Waals surface area contributed by atoms with E-state index in [4.69, 9.17) is 16.0 Å². The second-order valence-electron chi connectivity index (χ2n) is 7.68. The maximum absolute atomic E-state index is 14.0. The van der Waals surface area contributed by atoms with Crippen molar-refractivity contribution in [3.05, 3.63) is 58.5 Å². The van der Waals surface area contributed by atoms with Crippen LogP contribution in [0.1, 0.15) is 17.7 Å². The molecule has 0 spiro atoms. The van der Waals surface area contributed by atoms with Crippen LogP contribution < -0.4 is 4.90 Å². The van der Waals surface area contributed by atoms with E-state index >= 15 is 0 Å². The molecule has 5 rings (SSSR count). The number of oxazole rings is 1.